The Morgan fingerprint density at radius 2 is 1.80 bits per heavy atom. The van der Waals surface area contributed by atoms with Gasteiger partial charge in [-0.1, -0.05) is 25.0 Å². The largest absolute Gasteiger partial charge is 0.328 e. The number of benzene rings is 1. The molecule has 154 valence electrons. The fourth-order valence-corrected chi connectivity index (χ4v) is 4.94. The zero-order valence-corrected chi connectivity index (χ0v) is 16.7. The van der Waals surface area contributed by atoms with Gasteiger partial charge in [0.1, 0.15) is 11.4 Å². The van der Waals surface area contributed by atoms with Crippen LogP contribution in [0.4, 0.5) is 0 Å². The molecule has 1 aliphatic heterocycles. The molecule has 1 saturated heterocycles. The third-order valence-corrected chi connectivity index (χ3v) is 6.39. The van der Waals surface area contributed by atoms with E-state index in [-0.39, 0.29) is 29.1 Å². The molecule has 1 saturated carbocycles. The first-order valence-corrected chi connectivity index (χ1v) is 10.6. The Bertz CT molecular complexity index is 1220. The van der Waals surface area contributed by atoms with E-state index in [9.17, 15) is 14.4 Å². The lowest BCUT2D eigenvalue weighted by Crippen LogP contribution is -2.38. The molecule has 2 fully saturated rings. The molecule has 3 aromatic rings. The first-order valence-electron chi connectivity index (χ1n) is 10.6. The third kappa shape index (κ3) is 3.05. The van der Waals surface area contributed by atoms with Gasteiger partial charge in [0.05, 0.1) is 16.9 Å². The van der Waals surface area contributed by atoms with Crippen molar-refractivity contribution in [3.05, 3.63) is 74.7 Å². The molecule has 1 aliphatic carbocycles. The van der Waals surface area contributed by atoms with Crippen LogP contribution in [0, 0.1) is 0 Å². The predicted molar refractivity (Wildman–Crippen MR) is 114 cm³/mol. The highest BCUT2D eigenvalue weighted by Gasteiger charge is 2.36. The van der Waals surface area contributed by atoms with Gasteiger partial charge >= 0.3 is 0 Å². The van der Waals surface area contributed by atoms with E-state index in [0.29, 0.717) is 23.3 Å². The smallest absolute Gasteiger partial charge is 0.261 e. The summed E-state index contributed by atoms with van der Waals surface area (Å²) in [6, 6.07) is 10.4. The second-order valence-electron chi connectivity index (χ2n) is 8.17. The van der Waals surface area contributed by atoms with Gasteiger partial charge in [-0.15, -0.1) is 0 Å². The van der Waals surface area contributed by atoms with Gasteiger partial charge in [0, 0.05) is 18.8 Å². The zero-order valence-electron chi connectivity index (χ0n) is 16.7. The van der Waals surface area contributed by atoms with Gasteiger partial charge in [-0.3, -0.25) is 19.0 Å². The minimum Gasteiger partial charge on any atom is -0.328 e. The Morgan fingerprint density at radius 3 is 2.60 bits per heavy atom. The summed E-state index contributed by atoms with van der Waals surface area (Å²) in [5.41, 5.74) is 0.357. The second kappa shape index (κ2) is 7.55. The summed E-state index contributed by atoms with van der Waals surface area (Å²) in [5.74, 6) is 0.350. The Kier molecular flexibility index (Phi) is 4.73. The van der Waals surface area contributed by atoms with Gasteiger partial charge in [0.2, 0.25) is 0 Å². The number of fused-ring (bicyclic) bond motifs is 1. The number of carbonyl (C=O) groups is 1. The summed E-state index contributed by atoms with van der Waals surface area (Å²) in [6.07, 6.45) is 7.15. The molecular formula is C23H24N4O3. The maximum Gasteiger partial charge on any atom is 0.261 e. The molecule has 1 atom stereocenters. The van der Waals surface area contributed by atoms with Gasteiger partial charge in [-0.25, -0.2) is 4.98 Å². The highest BCUT2D eigenvalue weighted by molar-refractivity contribution is 5.94. The number of hydrogen-bond donors (Lipinski definition) is 1. The molecule has 2 aromatic heterocycles. The summed E-state index contributed by atoms with van der Waals surface area (Å²) in [5, 5.41) is 0.614. The van der Waals surface area contributed by atoms with Crippen molar-refractivity contribution in [3.63, 3.8) is 0 Å². The number of amides is 1. The summed E-state index contributed by atoms with van der Waals surface area (Å²) >= 11 is 0. The van der Waals surface area contributed by atoms with Crippen molar-refractivity contribution in [3.8, 4) is 0 Å². The van der Waals surface area contributed by atoms with Crippen molar-refractivity contribution in [2.24, 2.45) is 0 Å². The van der Waals surface area contributed by atoms with Crippen LogP contribution in [0.5, 0.6) is 0 Å². The molecule has 0 spiro atoms. The Balaban J connectivity index is 1.65. The summed E-state index contributed by atoms with van der Waals surface area (Å²) in [7, 11) is 0. The van der Waals surface area contributed by atoms with Crippen LogP contribution < -0.4 is 11.1 Å². The maximum atomic E-state index is 13.5. The molecule has 5 rings (SSSR count). The Labute approximate surface area is 173 Å². The predicted octanol–water partition coefficient (Wildman–Crippen LogP) is 3.18. The number of carbonyl (C=O) groups excluding carboxylic acids is 1. The standard InChI is InChI=1S/C23H24N4O3/c28-21-17(10-5-13-24-21)22(29)26-14-6-12-19(26)20-25-18-11-4-3-9-16(18)23(30)27(20)15-7-1-2-8-15/h3-5,9-11,13,15,19H,1-2,6-8,12,14H2,(H,24,28). The van der Waals surface area contributed by atoms with Crippen LogP contribution in [0.1, 0.15) is 66.8 Å². The van der Waals surface area contributed by atoms with Crippen LogP contribution >= 0.6 is 0 Å². The lowest BCUT2D eigenvalue weighted by molar-refractivity contribution is 0.0723. The molecule has 7 nitrogen and oxygen atoms in total. The number of aromatic amines is 1. The Morgan fingerprint density at radius 1 is 1.00 bits per heavy atom. The minimum atomic E-state index is -0.396. The topological polar surface area (TPSA) is 88.1 Å². The zero-order chi connectivity index (χ0) is 20.7. The molecule has 1 amide bonds. The quantitative estimate of drug-likeness (QED) is 0.726. The van der Waals surface area contributed by atoms with E-state index in [1.165, 1.54) is 6.20 Å². The fraction of sp³-hybridized carbons (Fsp3) is 0.391. The van der Waals surface area contributed by atoms with E-state index in [0.717, 1.165) is 38.5 Å². The summed E-state index contributed by atoms with van der Waals surface area (Å²) in [4.78, 5) is 48.1. The highest BCUT2D eigenvalue weighted by Crippen LogP contribution is 2.36. The fourth-order valence-electron chi connectivity index (χ4n) is 4.94. The third-order valence-electron chi connectivity index (χ3n) is 6.39. The summed E-state index contributed by atoms with van der Waals surface area (Å²) in [6.45, 7) is 0.547. The highest BCUT2D eigenvalue weighted by atomic mass is 16.2. The van der Waals surface area contributed by atoms with Crippen molar-refractivity contribution >= 4 is 16.8 Å². The van der Waals surface area contributed by atoms with Crippen LogP contribution in [0.25, 0.3) is 10.9 Å². The van der Waals surface area contributed by atoms with Crippen molar-refractivity contribution in [2.45, 2.75) is 50.6 Å². The number of aromatic nitrogens is 3. The molecule has 1 N–H and O–H groups in total. The average Bonchev–Trinajstić information content (AvgIpc) is 3.46. The van der Waals surface area contributed by atoms with Gasteiger partial charge in [-0.2, -0.15) is 0 Å². The number of H-pyrrole nitrogens is 1. The van der Waals surface area contributed by atoms with E-state index in [2.05, 4.69) is 4.98 Å². The molecule has 1 unspecified atom stereocenters. The summed E-state index contributed by atoms with van der Waals surface area (Å²) < 4.78 is 1.85. The van der Waals surface area contributed by atoms with Crippen molar-refractivity contribution in [1.29, 1.82) is 0 Å². The number of nitrogens with one attached hydrogen (secondary N) is 1. The van der Waals surface area contributed by atoms with Gasteiger partial charge in [0.25, 0.3) is 17.0 Å². The monoisotopic (exact) mass is 404 g/mol. The molecule has 3 heterocycles. The van der Waals surface area contributed by atoms with Crippen molar-refractivity contribution < 1.29 is 4.79 Å². The van der Waals surface area contributed by atoms with Crippen LogP contribution in [0.15, 0.2) is 52.2 Å². The lowest BCUT2D eigenvalue weighted by atomic mass is 10.1. The number of pyridine rings is 1. The first kappa shape index (κ1) is 18.8. The van der Waals surface area contributed by atoms with E-state index in [1.54, 1.807) is 17.0 Å². The van der Waals surface area contributed by atoms with Crippen LogP contribution in [0.2, 0.25) is 0 Å². The number of nitrogens with zero attached hydrogens (tertiary/aromatic N) is 3. The van der Waals surface area contributed by atoms with Crippen molar-refractivity contribution in [1.82, 2.24) is 19.4 Å². The molecule has 30 heavy (non-hydrogen) atoms. The van der Waals surface area contributed by atoms with Crippen LogP contribution in [0.3, 0.4) is 0 Å². The number of para-hydroxylation sites is 1. The molecule has 0 radical (unpaired) electrons. The average molecular weight is 404 g/mol. The SMILES string of the molecule is O=C(c1ccc[nH]c1=O)N1CCCC1c1nc2ccccc2c(=O)n1C1CCCC1. The van der Waals surface area contributed by atoms with E-state index in [1.807, 2.05) is 28.8 Å². The minimum absolute atomic E-state index is 0.0284. The lowest BCUT2D eigenvalue weighted by Gasteiger charge is -2.28. The first-order chi connectivity index (χ1) is 14.6. The van der Waals surface area contributed by atoms with Gasteiger partial charge in [-0.05, 0) is 49.9 Å². The van der Waals surface area contributed by atoms with Crippen molar-refractivity contribution in [2.75, 3.05) is 6.54 Å². The molecule has 0 bridgehead atoms. The number of rotatable bonds is 3. The second-order valence-corrected chi connectivity index (χ2v) is 8.17. The van der Waals surface area contributed by atoms with E-state index < -0.39 is 5.56 Å². The van der Waals surface area contributed by atoms with Crippen LogP contribution in [-0.2, 0) is 0 Å². The van der Waals surface area contributed by atoms with E-state index in [4.69, 9.17) is 4.98 Å². The number of hydrogen-bond acceptors (Lipinski definition) is 4. The van der Waals surface area contributed by atoms with Crippen LogP contribution in [-0.4, -0.2) is 31.9 Å². The van der Waals surface area contributed by atoms with E-state index >= 15 is 0 Å². The van der Waals surface area contributed by atoms with Gasteiger partial charge < -0.3 is 9.88 Å². The maximum absolute atomic E-state index is 13.5. The number of likely N-dealkylation sites (tertiary alicyclic amines) is 1. The molecular weight excluding hydrogens is 380 g/mol. The Hall–Kier alpha value is -3.22. The normalized spacial score (nSPS) is 19.6. The molecule has 2 aliphatic rings. The molecule has 7 heteroatoms. The molecule has 1 aromatic carbocycles. The van der Waals surface area contributed by atoms with Gasteiger partial charge in [0.15, 0.2) is 0 Å².